The molecule has 0 aliphatic carbocycles. The van der Waals surface area contributed by atoms with E-state index in [1.165, 1.54) is 5.56 Å². The van der Waals surface area contributed by atoms with Crippen molar-refractivity contribution < 1.29 is 9.53 Å². The Morgan fingerprint density at radius 1 is 1.06 bits per heavy atom. The fourth-order valence-electron chi connectivity index (χ4n) is 4.65. The van der Waals surface area contributed by atoms with Gasteiger partial charge in [0.2, 0.25) is 0 Å². The number of aromatic amines is 1. The maximum Gasteiger partial charge on any atom is 0.251 e. The molecule has 0 saturated carbocycles. The summed E-state index contributed by atoms with van der Waals surface area (Å²) in [4.78, 5) is 18.3. The van der Waals surface area contributed by atoms with Crippen molar-refractivity contribution in [2.24, 2.45) is 0 Å². The summed E-state index contributed by atoms with van der Waals surface area (Å²) < 4.78 is 5.25. The molecular weight excluding hydrogens is 390 g/mol. The van der Waals surface area contributed by atoms with Gasteiger partial charge in [-0.05, 0) is 60.5 Å². The molecule has 2 fully saturated rings. The molecule has 2 saturated heterocycles. The van der Waals surface area contributed by atoms with Crippen molar-refractivity contribution in [1.29, 1.82) is 0 Å². The van der Waals surface area contributed by atoms with E-state index in [4.69, 9.17) is 4.74 Å². The van der Waals surface area contributed by atoms with Crippen LogP contribution in [0.1, 0.15) is 41.2 Å². The van der Waals surface area contributed by atoms with E-state index in [1.54, 1.807) is 7.11 Å². The van der Waals surface area contributed by atoms with Gasteiger partial charge in [0.1, 0.15) is 5.75 Å². The Kier molecular flexibility index (Phi) is 5.63. The van der Waals surface area contributed by atoms with Crippen molar-refractivity contribution in [1.82, 2.24) is 26.1 Å². The Bertz CT molecular complexity index is 1040. The zero-order valence-electron chi connectivity index (χ0n) is 17.7. The smallest absolute Gasteiger partial charge is 0.251 e. The highest BCUT2D eigenvalue weighted by atomic mass is 16.5. The number of fused-ring (bicyclic) bond motifs is 1. The summed E-state index contributed by atoms with van der Waals surface area (Å²) in [7, 11) is 1.69. The molecule has 0 spiro atoms. The van der Waals surface area contributed by atoms with Crippen molar-refractivity contribution in [3.05, 3.63) is 65.9 Å². The molecule has 2 aliphatic rings. The van der Waals surface area contributed by atoms with Crippen LogP contribution in [0.2, 0.25) is 0 Å². The van der Waals surface area contributed by atoms with Gasteiger partial charge >= 0.3 is 0 Å². The summed E-state index contributed by atoms with van der Waals surface area (Å²) in [5.74, 6) is 0.887. The average molecular weight is 420 g/mol. The van der Waals surface area contributed by atoms with Gasteiger partial charge < -0.3 is 15.0 Å². The summed E-state index contributed by atoms with van der Waals surface area (Å²) in [6, 6.07) is 16.6. The van der Waals surface area contributed by atoms with E-state index in [2.05, 4.69) is 38.2 Å². The Hall–Kier alpha value is -2.87. The molecule has 162 valence electrons. The number of likely N-dealkylation sites (tertiary alicyclic amines) is 1. The number of methoxy groups -OCH3 is 1. The molecule has 3 heterocycles. The van der Waals surface area contributed by atoms with Crippen molar-refractivity contribution >= 4 is 16.8 Å². The van der Waals surface area contributed by atoms with Crippen LogP contribution in [0.5, 0.6) is 5.75 Å². The van der Waals surface area contributed by atoms with Crippen LogP contribution in [-0.2, 0) is 0 Å². The van der Waals surface area contributed by atoms with Crippen LogP contribution in [0.25, 0.3) is 10.9 Å². The molecule has 0 bridgehead atoms. The topological polar surface area (TPSA) is 81.4 Å². The molecule has 1 amide bonds. The standard InChI is InChI=1S/C24H29N5O2/c1-31-20-6-4-16(5-7-20)22-15-23(28-27-22)29-12-9-19(10-13-29)26-24(30)18-3-2-17-8-11-25-21(17)14-18/h2-8,11,14,19,22-23,25,27-28H,9-10,12-13,15H2,1H3,(H,26,30). The molecule has 5 rings (SSSR count). The first-order valence-electron chi connectivity index (χ1n) is 11.0. The van der Waals surface area contributed by atoms with Gasteiger partial charge in [0.25, 0.3) is 5.91 Å². The second-order valence-corrected chi connectivity index (χ2v) is 8.43. The molecule has 2 aliphatic heterocycles. The van der Waals surface area contributed by atoms with Crippen LogP contribution < -0.4 is 20.9 Å². The lowest BCUT2D eigenvalue weighted by Gasteiger charge is -2.35. The number of benzene rings is 2. The molecule has 2 atom stereocenters. The number of rotatable bonds is 5. The molecule has 3 aromatic rings. The molecule has 7 nitrogen and oxygen atoms in total. The molecule has 0 radical (unpaired) electrons. The van der Waals surface area contributed by atoms with E-state index in [1.807, 2.05) is 42.6 Å². The highest BCUT2D eigenvalue weighted by Gasteiger charge is 2.32. The number of aromatic nitrogens is 1. The van der Waals surface area contributed by atoms with Crippen LogP contribution in [0.4, 0.5) is 0 Å². The molecule has 2 aromatic carbocycles. The number of hydrazine groups is 1. The van der Waals surface area contributed by atoms with E-state index in [0.717, 1.165) is 49.0 Å². The van der Waals surface area contributed by atoms with E-state index >= 15 is 0 Å². The van der Waals surface area contributed by atoms with Gasteiger partial charge in [0, 0.05) is 42.5 Å². The van der Waals surface area contributed by atoms with Gasteiger partial charge in [0.05, 0.1) is 13.3 Å². The Morgan fingerprint density at radius 2 is 1.87 bits per heavy atom. The van der Waals surface area contributed by atoms with Gasteiger partial charge in [-0.2, -0.15) is 0 Å². The molecule has 1 aromatic heterocycles. The number of amides is 1. The van der Waals surface area contributed by atoms with Crippen LogP contribution in [-0.4, -0.2) is 48.2 Å². The molecule has 2 unspecified atom stereocenters. The maximum absolute atomic E-state index is 12.7. The number of hydrogen-bond donors (Lipinski definition) is 4. The van der Waals surface area contributed by atoms with Crippen molar-refractivity contribution in [2.75, 3.05) is 20.2 Å². The predicted molar refractivity (Wildman–Crippen MR) is 121 cm³/mol. The average Bonchev–Trinajstić information content (AvgIpc) is 3.49. The molecule has 4 N–H and O–H groups in total. The van der Waals surface area contributed by atoms with Crippen LogP contribution in [0.15, 0.2) is 54.7 Å². The van der Waals surface area contributed by atoms with Crippen LogP contribution >= 0.6 is 0 Å². The minimum atomic E-state index is 0.00942. The van der Waals surface area contributed by atoms with Crippen molar-refractivity contribution in [3.63, 3.8) is 0 Å². The SMILES string of the molecule is COc1ccc(C2CC(N3CCC(NC(=O)c4ccc5cc[nH]c5c4)CC3)NN2)cc1. The van der Waals surface area contributed by atoms with Gasteiger partial charge in [0.15, 0.2) is 0 Å². The van der Waals surface area contributed by atoms with Crippen LogP contribution in [0.3, 0.4) is 0 Å². The Morgan fingerprint density at radius 3 is 2.65 bits per heavy atom. The second kappa shape index (κ2) is 8.70. The predicted octanol–water partition coefficient (Wildman–Crippen LogP) is 2.94. The molecule has 7 heteroatoms. The fraction of sp³-hybridized carbons (Fsp3) is 0.375. The van der Waals surface area contributed by atoms with Gasteiger partial charge in [-0.15, -0.1) is 0 Å². The minimum Gasteiger partial charge on any atom is -0.497 e. The monoisotopic (exact) mass is 419 g/mol. The first kappa shape index (κ1) is 20.1. The largest absolute Gasteiger partial charge is 0.497 e. The third-order valence-corrected chi connectivity index (χ3v) is 6.52. The normalized spacial score (nSPS) is 22.6. The summed E-state index contributed by atoms with van der Waals surface area (Å²) >= 11 is 0. The molecular formula is C24H29N5O2. The number of carbonyl (C=O) groups is 1. The van der Waals surface area contributed by atoms with Crippen LogP contribution in [0, 0.1) is 0 Å². The number of hydrogen-bond acceptors (Lipinski definition) is 5. The number of H-pyrrole nitrogens is 1. The number of carbonyl (C=O) groups excluding carboxylic acids is 1. The summed E-state index contributed by atoms with van der Waals surface area (Å²) in [5, 5.41) is 4.34. The highest BCUT2D eigenvalue weighted by Crippen LogP contribution is 2.27. The summed E-state index contributed by atoms with van der Waals surface area (Å²) in [6.07, 6.45) is 5.13. The van der Waals surface area contributed by atoms with E-state index in [0.29, 0.717) is 11.7 Å². The van der Waals surface area contributed by atoms with E-state index in [9.17, 15) is 4.79 Å². The first-order valence-corrected chi connectivity index (χ1v) is 11.0. The van der Waals surface area contributed by atoms with Crippen molar-refractivity contribution in [2.45, 2.75) is 37.5 Å². The summed E-state index contributed by atoms with van der Waals surface area (Å²) in [5.41, 5.74) is 9.85. The highest BCUT2D eigenvalue weighted by molar-refractivity contribution is 5.98. The lowest BCUT2D eigenvalue weighted by Crippen LogP contribution is -2.51. The maximum atomic E-state index is 12.7. The Balaban J connectivity index is 1.12. The number of piperidine rings is 1. The van der Waals surface area contributed by atoms with Gasteiger partial charge in [-0.1, -0.05) is 18.2 Å². The van der Waals surface area contributed by atoms with Gasteiger partial charge in [-0.3, -0.25) is 9.69 Å². The zero-order chi connectivity index (χ0) is 21.2. The lowest BCUT2D eigenvalue weighted by molar-refractivity contribution is 0.0880. The zero-order valence-corrected chi connectivity index (χ0v) is 17.7. The number of nitrogens with zero attached hydrogens (tertiary/aromatic N) is 1. The second-order valence-electron chi connectivity index (χ2n) is 8.43. The third-order valence-electron chi connectivity index (χ3n) is 6.52. The summed E-state index contributed by atoms with van der Waals surface area (Å²) in [6.45, 7) is 1.94. The van der Waals surface area contributed by atoms with E-state index < -0.39 is 0 Å². The van der Waals surface area contributed by atoms with Gasteiger partial charge in [-0.25, -0.2) is 10.9 Å². The third kappa shape index (κ3) is 4.30. The minimum absolute atomic E-state index is 0.00942. The first-order chi connectivity index (χ1) is 15.2. The lowest BCUT2D eigenvalue weighted by atomic mass is 10.0. The van der Waals surface area contributed by atoms with Crippen molar-refractivity contribution in [3.8, 4) is 5.75 Å². The quantitative estimate of drug-likeness (QED) is 0.511. The molecule has 31 heavy (non-hydrogen) atoms. The van der Waals surface area contributed by atoms with E-state index in [-0.39, 0.29) is 18.0 Å². The fourth-order valence-corrected chi connectivity index (χ4v) is 4.65. The number of ether oxygens (including phenoxy) is 1. The Labute approximate surface area is 182 Å². The number of nitrogens with one attached hydrogen (secondary N) is 4.